The SMILES string of the molecule is Cc1ccc(O)c(C(=O)NC(C)CCBr)c1. The minimum absolute atomic E-state index is 0.0224. The third kappa shape index (κ3) is 3.52. The van der Waals surface area contributed by atoms with E-state index >= 15 is 0 Å². The zero-order valence-electron chi connectivity index (χ0n) is 9.46. The number of nitrogens with one attached hydrogen (secondary N) is 1. The summed E-state index contributed by atoms with van der Waals surface area (Å²) in [5, 5.41) is 13.3. The highest BCUT2D eigenvalue weighted by Gasteiger charge is 2.13. The second kappa shape index (κ2) is 5.89. The van der Waals surface area contributed by atoms with E-state index < -0.39 is 0 Å². The molecule has 1 atom stereocenters. The van der Waals surface area contributed by atoms with Gasteiger partial charge in [0.15, 0.2) is 0 Å². The van der Waals surface area contributed by atoms with Crippen LogP contribution in [0.2, 0.25) is 0 Å². The van der Waals surface area contributed by atoms with Gasteiger partial charge in [0.1, 0.15) is 5.75 Å². The maximum atomic E-state index is 11.8. The van der Waals surface area contributed by atoms with Crippen LogP contribution >= 0.6 is 15.9 Å². The molecule has 0 aliphatic rings. The molecule has 0 aromatic heterocycles. The summed E-state index contributed by atoms with van der Waals surface area (Å²) in [5.74, 6) is -0.205. The first-order valence-corrected chi connectivity index (χ1v) is 6.33. The third-order valence-corrected chi connectivity index (χ3v) is 2.77. The molecule has 88 valence electrons. The largest absolute Gasteiger partial charge is 0.507 e. The number of aryl methyl sites for hydroxylation is 1. The van der Waals surface area contributed by atoms with Crippen LogP contribution in [-0.4, -0.2) is 22.4 Å². The smallest absolute Gasteiger partial charge is 0.255 e. The van der Waals surface area contributed by atoms with E-state index in [0.29, 0.717) is 5.56 Å². The van der Waals surface area contributed by atoms with E-state index in [1.165, 1.54) is 0 Å². The number of phenols is 1. The fourth-order valence-electron chi connectivity index (χ4n) is 1.37. The molecule has 0 saturated carbocycles. The Bertz CT molecular complexity index is 379. The number of hydrogen-bond donors (Lipinski definition) is 2. The minimum Gasteiger partial charge on any atom is -0.507 e. The van der Waals surface area contributed by atoms with Crippen LogP contribution in [0, 0.1) is 6.92 Å². The molecule has 2 N–H and O–H groups in total. The summed E-state index contributed by atoms with van der Waals surface area (Å²) < 4.78 is 0. The van der Waals surface area contributed by atoms with Crippen molar-refractivity contribution in [1.82, 2.24) is 5.32 Å². The lowest BCUT2D eigenvalue weighted by Gasteiger charge is -2.13. The molecule has 1 aromatic rings. The Morgan fingerprint density at radius 3 is 2.88 bits per heavy atom. The summed E-state index contributed by atoms with van der Waals surface area (Å²) in [7, 11) is 0. The molecule has 0 aliphatic carbocycles. The normalized spacial score (nSPS) is 12.2. The number of carbonyl (C=O) groups excluding carboxylic acids is 1. The zero-order chi connectivity index (χ0) is 12.1. The van der Waals surface area contributed by atoms with E-state index in [1.54, 1.807) is 18.2 Å². The average molecular weight is 286 g/mol. The maximum absolute atomic E-state index is 11.8. The lowest BCUT2D eigenvalue weighted by Crippen LogP contribution is -2.32. The molecule has 0 spiro atoms. The van der Waals surface area contributed by atoms with Gasteiger partial charge in [-0.15, -0.1) is 0 Å². The first-order chi connectivity index (χ1) is 7.54. The van der Waals surface area contributed by atoms with Gasteiger partial charge in [-0.1, -0.05) is 27.6 Å². The molecular formula is C12H16BrNO2. The van der Waals surface area contributed by atoms with Crippen LogP contribution in [0.4, 0.5) is 0 Å². The van der Waals surface area contributed by atoms with Crippen LogP contribution in [0.5, 0.6) is 5.75 Å². The van der Waals surface area contributed by atoms with Crippen LogP contribution in [0.25, 0.3) is 0 Å². The third-order valence-electron chi connectivity index (χ3n) is 2.32. The van der Waals surface area contributed by atoms with Crippen LogP contribution in [-0.2, 0) is 0 Å². The second-order valence-electron chi connectivity index (χ2n) is 3.87. The Morgan fingerprint density at radius 2 is 2.25 bits per heavy atom. The van der Waals surface area contributed by atoms with Crippen LogP contribution in [0.15, 0.2) is 18.2 Å². The van der Waals surface area contributed by atoms with Crippen molar-refractivity contribution in [3.8, 4) is 5.75 Å². The molecule has 0 radical (unpaired) electrons. The Kier molecular flexibility index (Phi) is 4.80. The summed E-state index contributed by atoms with van der Waals surface area (Å²) in [6.07, 6.45) is 0.859. The predicted octanol–water partition coefficient (Wildman–Crippen LogP) is 2.60. The van der Waals surface area contributed by atoms with E-state index in [4.69, 9.17) is 0 Å². The van der Waals surface area contributed by atoms with Gasteiger partial charge in [0.05, 0.1) is 5.56 Å². The molecule has 16 heavy (non-hydrogen) atoms. The van der Waals surface area contributed by atoms with E-state index in [0.717, 1.165) is 17.3 Å². The van der Waals surface area contributed by atoms with Gasteiger partial charge in [-0.2, -0.15) is 0 Å². The van der Waals surface area contributed by atoms with Gasteiger partial charge in [0.2, 0.25) is 0 Å². The highest BCUT2D eigenvalue weighted by Crippen LogP contribution is 2.18. The Balaban J connectivity index is 2.76. The topological polar surface area (TPSA) is 49.3 Å². The number of alkyl halides is 1. The van der Waals surface area contributed by atoms with E-state index in [1.807, 2.05) is 13.8 Å². The van der Waals surface area contributed by atoms with Crippen molar-refractivity contribution in [3.63, 3.8) is 0 Å². The monoisotopic (exact) mass is 285 g/mol. The van der Waals surface area contributed by atoms with Crippen molar-refractivity contribution >= 4 is 21.8 Å². The van der Waals surface area contributed by atoms with E-state index in [2.05, 4.69) is 21.2 Å². The number of hydrogen-bond acceptors (Lipinski definition) is 2. The van der Waals surface area contributed by atoms with Gasteiger partial charge in [-0.3, -0.25) is 4.79 Å². The summed E-state index contributed by atoms with van der Waals surface area (Å²) in [4.78, 5) is 11.8. The highest BCUT2D eigenvalue weighted by molar-refractivity contribution is 9.09. The van der Waals surface area contributed by atoms with Crippen molar-refractivity contribution in [2.75, 3.05) is 5.33 Å². The zero-order valence-corrected chi connectivity index (χ0v) is 11.0. The van der Waals surface area contributed by atoms with Gasteiger partial charge in [0.25, 0.3) is 5.91 Å². The quantitative estimate of drug-likeness (QED) is 0.836. The van der Waals surface area contributed by atoms with E-state index in [9.17, 15) is 9.90 Å². The fourth-order valence-corrected chi connectivity index (χ4v) is 2.06. The minimum atomic E-state index is -0.227. The number of benzene rings is 1. The van der Waals surface area contributed by atoms with E-state index in [-0.39, 0.29) is 17.7 Å². The van der Waals surface area contributed by atoms with Gasteiger partial charge >= 0.3 is 0 Å². The highest BCUT2D eigenvalue weighted by atomic mass is 79.9. The maximum Gasteiger partial charge on any atom is 0.255 e. The van der Waals surface area contributed by atoms with Crippen molar-refractivity contribution in [2.45, 2.75) is 26.3 Å². The van der Waals surface area contributed by atoms with Gasteiger partial charge in [0, 0.05) is 11.4 Å². The number of carbonyl (C=O) groups is 1. The molecule has 3 nitrogen and oxygen atoms in total. The first kappa shape index (κ1) is 13.0. The lowest BCUT2D eigenvalue weighted by molar-refractivity contribution is 0.0937. The Hall–Kier alpha value is -1.03. The number of amides is 1. The van der Waals surface area contributed by atoms with Crippen molar-refractivity contribution < 1.29 is 9.90 Å². The average Bonchev–Trinajstić information content (AvgIpc) is 2.21. The number of aromatic hydroxyl groups is 1. The molecule has 0 heterocycles. The van der Waals surface area contributed by atoms with Gasteiger partial charge in [-0.05, 0) is 32.4 Å². The van der Waals surface area contributed by atoms with Crippen LogP contribution in [0.1, 0.15) is 29.3 Å². The molecule has 1 amide bonds. The number of halogens is 1. The van der Waals surface area contributed by atoms with Gasteiger partial charge < -0.3 is 10.4 Å². The Labute approximate surface area is 104 Å². The number of phenolic OH excluding ortho intramolecular Hbond substituents is 1. The molecule has 1 aromatic carbocycles. The summed E-state index contributed by atoms with van der Waals surface area (Å²) in [6, 6.07) is 5.09. The van der Waals surface area contributed by atoms with Crippen molar-refractivity contribution in [2.24, 2.45) is 0 Å². The second-order valence-corrected chi connectivity index (χ2v) is 4.67. The fraction of sp³-hybridized carbons (Fsp3) is 0.417. The molecule has 4 heteroatoms. The molecule has 0 bridgehead atoms. The summed E-state index contributed by atoms with van der Waals surface area (Å²) in [6.45, 7) is 3.82. The number of rotatable bonds is 4. The van der Waals surface area contributed by atoms with Crippen molar-refractivity contribution in [1.29, 1.82) is 0 Å². The van der Waals surface area contributed by atoms with Gasteiger partial charge in [-0.25, -0.2) is 0 Å². The molecule has 0 saturated heterocycles. The van der Waals surface area contributed by atoms with Crippen LogP contribution in [0.3, 0.4) is 0 Å². The molecular weight excluding hydrogens is 270 g/mol. The Morgan fingerprint density at radius 1 is 1.56 bits per heavy atom. The first-order valence-electron chi connectivity index (χ1n) is 5.21. The summed E-state index contributed by atoms with van der Waals surface area (Å²) >= 11 is 3.32. The molecule has 1 rings (SSSR count). The van der Waals surface area contributed by atoms with Crippen molar-refractivity contribution in [3.05, 3.63) is 29.3 Å². The molecule has 1 unspecified atom stereocenters. The lowest BCUT2D eigenvalue weighted by atomic mass is 10.1. The summed E-state index contributed by atoms with van der Waals surface area (Å²) in [5.41, 5.74) is 1.29. The van der Waals surface area contributed by atoms with Crippen LogP contribution < -0.4 is 5.32 Å². The standard InChI is InChI=1S/C12H16BrNO2/c1-8-3-4-11(15)10(7-8)12(16)14-9(2)5-6-13/h3-4,7,9,15H,5-6H2,1-2H3,(H,14,16). The molecule has 0 fully saturated rings. The molecule has 0 aliphatic heterocycles. The predicted molar refractivity (Wildman–Crippen MR) is 68.2 cm³/mol.